The fourth-order valence-electron chi connectivity index (χ4n) is 3.24. The number of nitrogens with zero attached hydrogens (tertiary/aromatic N) is 5. The molecule has 0 aliphatic rings. The molecule has 160 valence electrons. The lowest BCUT2D eigenvalue weighted by molar-refractivity contribution is 0.102. The SMILES string of the molecule is Cc1ncc(NC(=O)c2ccnc(C(C)(C)C#N)c2)cc1-c1cnc(C(C)C)c(C#N)c1. The Bertz CT molecular complexity index is 1260. The lowest BCUT2D eigenvalue weighted by atomic mass is 9.90. The van der Waals surface area contributed by atoms with E-state index >= 15 is 0 Å². The van der Waals surface area contributed by atoms with E-state index < -0.39 is 5.41 Å². The number of hydrogen-bond donors (Lipinski definition) is 1. The van der Waals surface area contributed by atoms with Crippen molar-refractivity contribution in [3.8, 4) is 23.3 Å². The van der Waals surface area contributed by atoms with E-state index in [-0.39, 0.29) is 11.8 Å². The first kappa shape index (κ1) is 22.6. The number of pyridine rings is 3. The van der Waals surface area contributed by atoms with Crippen molar-refractivity contribution in [2.75, 3.05) is 5.32 Å². The highest BCUT2D eigenvalue weighted by Gasteiger charge is 2.22. The second-order valence-electron chi connectivity index (χ2n) is 8.40. The number of rotatable bonds is 5. The molecule has 0 atom stereocenters. The van der Waals surface area contributed by atoms with Crippen LogP contribution in [0.15, 0.2) is 42.9 Å². The predicted octanol–water partition coefficient (Wildman–Crippen LogP) is 4.90. The highest BCUT2D eigenvalue weighted by molar-refractivity contribution is 6.04. The average Bonchev–Trinajstić information content (AvgIpc) is 2.79. The van der Waals surface area contributed by atoms with Gasteiger partial charge in [-0.2, -0.15) is 10.5 Å². The number of amides is 1. The molecule has 1 amide bonds. The Balaban J connectivity index is 1.92. The summed E-state index contributed by atoms with van der Waals surface area (Å²) in [4.78, 5) is 25.9. The Morgan fingerprint density at radius 2 is 1.84 bits per heavy atom. The summed E-state index contributed by atoms with van der Waals surface area (Å²) in [5.74, 6) is -0.190. The summed E-state index contributed by atoms with van der Waals surface area (Å²) in [6, 6.07) is 11.2. The molecule has 0 aliphatic heterocycles. The monoisotopic (exact) mass is 424 g/mol. The van der Waals surface area contributed by atoms with Crippen molar-refractivity contribution in [3.05, 3.63) is 71.1 Å². The Labute approximate surface area is 187 Å². The Hall–Kier alpha value is -4.10. The van der Waals surface area contributed by atoms with E-state index in [0.717, 1.165) is 22.5 Å². The van der Waals surface area contributed by atoms with Crippen molar-refractivity contribution in [2.45, 2.75) is 46.0 Å². The summed E-state index contributed by atoms with van der Waals surface area (Å²) in [6.45, 7) is 9.35. The first-order valence-corrected chi connectivity index (χ1v) is 10.2. The molecule has 3 rings (SSSR count). The van der Waals surface area contributed by atoms with Gasteiger partial charge < -0.3 is 5.32 Å². The van der Waals surface area contributed by atoms with Crippen LogP contribution in [0.1, 0.15) is 66.6 Å². The lowest BCUT2D eigenvalue weighted by Crippen LogP contribution is -2.18. The van der Waals surface area contributed by atoms with Gasteiger partial charge in [-0.15, -0.1) is 0 Å². The topological polar surface area (TPSA) is 115 Å². The Morgan fingerprint density at radius 1 is 1.09 bits per heavy atom. The Kier molecular flexibility index (Phi) is 6.32. The first-order valence-electron chi connectivity index (χ1n) is 10.2. The van der Waals surface area contributed by atoms with Crippen LogP contribution in [0.5, 0.6) is 0 Å². The minimum absolute atomic E-state index is 0.139. The molecular weight excluding hydrogens is 400 g/mol. The number of carbonyl (C=O) groups is 1. The molecule has 0 fully saturated rings. The standard InChI is InChI=1S/C25H24N6O/c1-15(2)23-18(11-26)8-19(12-30-23)21-10-20(13-29-16(21)3)31-24(32)17-6-7-28-22(9-17)25(4,5)14-27/h6-10,12-13,15H,1-5H3,(H,31,32). The number of hydrogen-bond acceptors (Lipinski definition) is 6. The third kappa shape index (κ3) is 4.63. The summed E-state index contributed by atoms with van der Waals surface area (Å²) in [6.07, 6.45) is 4.83. The number of anilines is 1. The summed E-state index contributed by atoms with van der Waals surface area (Å²) in [7, 11) is 0. The predicted molar refractivity (Wildman–Crippen MR) is 122 cm³/mol. The summed E-state index contributed by atoms with van der Waals surface area (Å²) < 4.78 is 0. The molecule has 3 aromatic rings. The largest absolute Gasteiger partial charge is 0.321 e. The van der Waals surface area contributed by atoms with E-state index in [1.165, 1.54) is 6.20 Å². The zero-order valence-corrected chi connectivity index (χ0v) is 18.8. The maximum absolute atomic E-state index is 12.8. The first-order chi connectivity index (χ1) is 15.2. The van der Waals surface area contributed by atoms with Gasteiger partial charge in [0.15, 0.2) is 0 Å². The molecular formula is C25H24N6O. The summed E-state index contributed by atoms with van der Waals surface area (Å²) in [5, 5.41) is 21.7. The van der Waals surface area contributed by atoms with Crippen molar-refractivity contribution in [1.29, 1.82) is 10.5 Å². The van der Waals surface area contributed by atoms with E-state index in [4.69, 9.17) is 0 Å². The van der Waals surface area contributed by atoms with Gasteiger partial charge >= 0.3 is 0 Å². The number of nitrogens with one attached hydrogen (secondary N) is 1. The molecule has 0 aromatic carbocycles. The molecule has 1 N–H and O–H groups in total. The van der Waals surface area contributed by atoms with Crippen LogP contribution in [-0.2, 0) is 5.41 Å². The molecule has 7 heteroatoms. The van der Waals surface area contributed by atoms with Crippen molar-refractivity contribution >= 4 is 11.6 Å². The highest BCUT2D eigenvalue weighted by Crippen LogP contribution is 2.28. The third-order valence-electron chi connectivity index (χ3n) is 5.18. The number of aromatic nitrogens is 3. The normalized spacial score (nSPS) is 11.0. The van der Waals surface area contributed by atoms with Crippen LogP contribution in [0.4, 0.5) is 5.69 Å². The highest BCUT2D eigenvalue weighted by atomic mass is 16.1. The zero-order valence-electron chi connectivity index (χ0n) is 18.8. The van der Waals surface area contributed by atoms with Gasteiger partial charge in [-0.1, -0.05) is 13.8 Å². The van der Waals surface area contributed by atoms with Crippen LogP contribution >= 0.6 is 0 Å². The fraction of sp³-hybridized carbons (Fsp3) is 0.280. The maximum atomic E-state index is 12.8. The van der Waals surface area contributed by atoms with Crippen molar-refractivity contribution < 1.29 is 4.79 Å². The van der Waals surface area contributed by atoms with Crippen LogP contribution in [0, 0.1) is 29.6 Å². The lowest BCUT2D eigenvalue weighted by Gasteiger charge is -2.15. The molecule has 32 heavy (non-hydrogen) atoms. The molecule has 0 bridgehead atoms. The van der Waals surface area contributed by atoms with Gasteiger partial charge in [0.25, 0.3) is 5.91 Å². The molecule has 0 radical (unpaired) electrons. The van der Waals surface area contributed by atoms with Gasteiger partial charge in [-0.05, 0) is 51.0 Å². The fourth-order valence-corrected chi connectivity index (χ4v) is 3.24. The van der Waals surface area contributed by atoms with E-state index in [2.05, 4.69) is 32.4 Å². The number of aryl methyl sites for hydroxylation is 1. The van der Waals surface area contributed by atoms with Gasteiger partial charge in [0.2, 0.25) is 0 Å². The minimum atomic E-state index is -0.803. The maximum Gasteiger partial charge on any atom is 0.255 e. The van der Waals surface area contributed by atoms with Gasteiger partial charge in [-0.3, -0.25) is 19.7 Å². The van der Waals surface area contributed by atoms with E-state index in [9.17, 15) is 15.3 Å². The second kappa shape index (κ2) is 8.95. The molecule has 7 nitrogen and oxygen atoms in total. The van der Waals surface area contributed by atoms with Crippen molar-refractivity contribution in [3.63, 3.8) is 0 Å². The van der Waals surface area contributed by atoms with Crippen LogP contribution in [0.2, 0.25) is 0 Å². The molecule has 3 heterocycles. The van der Waals surface area contributed by atoms with E-state index in [1.54, 1.807) is 44.4 Å². The molecule has 0 unspecified atom stereocenters. The average molecular weight is 425 g/mol. The quantitative estimate of drug-likeness (QED) is 0.623. The van der Waals surface area contributed by atoms with Gasteiger partial charge in [-0.25, -0.2) is 0 Å². The second-order valence-corrected chi connectivity index (χ2v) is 8.40. The van der Waals surface area contributed by atoms with Crippen LogP contribution in [-0.4, -0.2) is 20.9 Å². The molecule has 3 aromatic heterocycles. The van der Waals surface area contributed by atoms with E-state index in [0.29, 0.717) is 22.5 Å². The molecule has 0 saturated carbocycles. The molecule has 0 saturated heterocycles. The van der Waals surface area contributed by atoms with Crippen molar-refractivity contribution in [1.82, 2.24) is 15.0 Å². The third-order valence-corrected chi connectivity index (χ3v) is 5.18. The minimum Gasteiger partial charge on any atom is -0.321 e. The van der Waals surface area contributed by atoms with Gasteiger partial charge in [0, 0.05) is 34.8 Å². The summed E-state index contributed by atoms with van der Waals surface area (Å²) in [5.41, 5.74) is 4.20. The number of nitriles is 2. The van der Waals surface area contributed by atoms with Gasteiger partial charge in [0.1, 0.15) is 6.07 Å². The van der Waals surface area contributed by atoms with Crippen LogP contribution < -0.4 is 5.32 Å². The van der Waals surface area contributed by atoms with Gasteiger partial charge in [0.05, 0.1) is 40.3 Å². The van der Waals surface area contributed by atoms with Crippen LogP contribution in [0.25, 0.3) is 11.1 Å². The molecule has 0 aliphatic carbocycles. The summed E-state index contributed by atoms with van der Waals surface area (Å²) >= 11 is 0. The van der Waals surface area contributed by atoms with Crippen molar-refractivity contribution in [2.24, 2.45) is 0 Å². The van der Waals surface area contributed by atoms with Crippen LogP contribution in [0.3, 0.4) is 0 Å². The zero-order chi connectivity index (χ0) is 23.5. The Morgan fingerprint density at radius 3 is 2.50 bits per heavy atom. The smallest absolute Gasteiger partial charge is 0.255 e. The van der Waals surface area contributed by atoms with E-state index in [1.807, 2.05) is 26.8 Å². The number of carbonyl (C=O) groups excluding carboxylic acids is 1. The molecule has 0 spiro atoms.